The molecule has 4 heteroatoms. The van der Waals surface area contributed by atoms with Crippen LogP contribution in [0, 0.1) is 0 Å². The van der Waals surface area contributed by atoms with Crippen molar-refractivity contribution in [1.29, 1.82) is 0 Å². The van der Waals surface area contributed by atoms with Gasteiger partial charge in [0.25, 0.3) is 0 Å². The van der Waals surface area contributed by atoms with E-state index in [4.69, 9.17) is 0 Å². The number of anilines is 1. The Labute approximate surface area is 113 Å². The lowest BCUT2D eigenvalue weighted by atomic mass is 9.96. The minimum Gasteiger partial charge on any atom is -0.369 e. The highest BCUT2D eigenvalue weighted by Crippen LogP contribution is 2.24. The van der Waals surface area contributed by atoms with Crippen LogP contribution < -0.4 is 5.32 Å². The maximum absolute atomic E-state index is 4.39. The van der Waals surface area contributed by atoms with Crippen molar-refractivity contribution in [2.24, 2.45) is 0 Å². The molecule has 0 saturated carbocycles. The van der Waals surface area contributed by atoms with Crippen LogP contribution in [-0.4, -0.2) is 21.5 Å². The lowest BCUT2D eigenvalue weighted by Crippen LogP contribution is -2.13. The first-order valence-corrected chi connectivity index (χ1v) is 6.89. The van der Waals surface area contributed by atoms with Crippen LogP contribution in [0.1, 0.15) is 29.7 Å². The molecule has 0 fully saturated rings. The average molecular weight is 254 g/mol. The number of aromatic nitrogens is 3. The number of aryl methyl sites for hydroxylation is 1. The molecular weight excluding hydrogens is 236 g/mol. The molecule has 1 aliphatic rings. The molecule has 19 heavy (non-hydrogen) atoms. The second kappa shape index (κ2) is 5.78. The second-order valence-corrected chi connectivity index (χ2v) is 4.89. The molecule has 0 amide bonds. The van der Waals surface area contributed by atoms with Gasteiger partial charge in [-0.2, -0.15) is 0 Å². The van der Waals surface area contributed by atoms with Crippen molar-refractivity contribution in [2.75, 3.05) is 11.9 Å². The molecule has 4 nitrogen and oxygen atoms in total. The summed E-state index contributed by atoms with van der Waals surface area (Å²) < 4.78 is 0. The van der Waals surface area contributed by atoms with Gasteiger partial charge in [0.1, 0.15) is 12.1 Å². The fraction of sp³-hybridized carbons (Fsp3) is 0.400. The zero-order chi connectivity index (χ0) is 12.9. The van der Waals surface area contributed by atoms with Crippen LogP contribution >= 0.6 is 0 Å². The Morgan fingerprint density at radius 1 is 1.05 bits per heavy atom. The Kier molecular flexibility index (Phi) is 3.68. The average Bonchev–Trinajstić information content (AvgIpc) is 2.49. The van der Waals surface area contributed by atoms with E-state index in [0.717, 1.165) is 31.6 Å². The van der Waals surface area contributed by atoms with E-state index in [9.17, 15) is 0 Å². The predicted octanol–water partition coefficient (Wildman–Crippen LogP) is 2.41. The van der Waals surface area contributed by atoms with Gasteiger partial charge in [-0.05, 0) is 49.8 Å². The topological polar surface area (TPSA) is 50.7 Å². The van der Waals surface area contributed by atoms with Gasteiger partial charge in [-0.25, -0.2) is 9.97 Å². The van der Waals surface area contributed by atoms with Gasteiger partial charge >= 0.3 is 0 Å². The van der Waals surface area contributed by atoms with Crippen molar-refractivity contribution >= 4 is 5.82 Å². The van der Waals surface area contributed by atoms with E-state index in [1.54, 1.807) is 6.33 Å². The molecule has 0 unspecified atom stereocenters. The third-order valence-corrected chi connectivity index (χ3v) is 3.58. The Balaban J connectivity index is 1.64. The van der Waals surface area contributed by atoms with Crippen molar-refractivity contribution in [1.82, 2.24) is 15.0 Å². The molecule has 0 radical (unpaired) electrons. The van der Waals surface area contributed by atoms with E-state index >= 15 is 0 Å². The van der Waals surface area contributed by atoms with Crippen molar-refractivity contribution < 1.29 is 0 Å². The first kappa shape index (κ1) is 12.1. The molecule has 2 aromatic heterocycles. The van der Waals surface area contributed by atoms with Crippen LogP contribution in [0.15, 0.2) is 30.9 Å². The number of fused-ring (bicyclic) bond motifs is 1. The van der Waals surface area contributed by atoms with Gasteiger partial charge in [-0.3, -0.25) is 4.98 Å². The third-order valence-electron chi connectivity index (χ3n) is 3.58. The summed E-state index contributed by atoms with van der Waals surface area (Å²) in [4.78, 5) is 12.8. The molecule has 0 aliphatic heterocycles. The number of hydrogen-bond acceptors (Lipinski definition) is 4. The van der Waals surface area contributed by atoms with Crippen molar-refractivity contribution in [2.45, 2.75) is 32.1 Å². The van der Waals surface area contributed by atoms with Crippen molar-refractivity contribution in [3.63, 3.8) is 0 Å². The SMILES string of the molecule is c1cc(CCNc2ncnc3c2CCCC3)ccn1. The second-order valence-electron chi connectivity index (χ2n) is 4.89. The summed E-state index contributed by atoms with van der Waals surface area (Å²) >= 11 is 0. The molecule has 0 aromatic carbocycles. The van der Waals surface area contributed by atoms with E-state index in [1.807, 2.05) is 12.4 Å². The minimum atomic E-state index is 0.896. The number of rotatable bonds is 4. The van der Waals surface area contributed by atoms with E-state index in [1.165, 1.54) is 29.7 Å². The maximum atomic E-state index is 4.39. The lowest BCUT2D eigenvalue weighted by Gasteiger charge is -2.17. The summed E-state index contributed by atoms with van der Waals surface area (Å²) in [5, 5.41) is 3.45. The van der Waals surface area contributed by atoms with Gasteiger partial charge in [0, 0.05) is 30.2 Å². The fourth-order valence-corrected chi connectivity index (χ4v) is 2.55. The van der Waals surface area contributed by atoms with Gasteiger partial charge in [0.2, 0.25) is 0 Å². The molecule has 1 aliphatic carbocycles. The summed E-state index contributed by atoms with van der Waals surface area (Å²) in [6, 6.07) is 4.11. The zero-order valence-electron chi connectivity index (χ0n) is 11.0. The van der Waals surface area contributed by atoms with Crippen LogP contribution in [0.25, 0.3) is 0 Å². The smallest absolute Gasteiger partial charge is 0.132 e. The summed E-state index contributed by atoms with van der Waals surface area (Å²) in [5.74, 6) is 1.03. The fourth-order valence-electron chi connectivity index (χ4n) is 2.55. The normalized spacial score (nSPS) is 13.9. The van der Waals surface area contributed by atoms with E-state index in [0.29, 0.717) is 0 Å². The minimum absolute atomic E-state index is 0.896. The molecule has 98 valence electrons. The van der Waals surface area contributed by atoms with Crippen LogP contribution in [0.2, 0.25) is 0 Å². The summed E-state index contributed by atoms with van der Waals surface area (Å²) in [5.41, 5.74) is 3.85. The Morgan fingerprint density at radius 2 is 1.89 bits per heavy atom. The molecule has 0 spiro atoms. The molecule has 1 N–H and O–H groups in total. The van der Waals surface area contributed by atoms with Gasteiger partial charge in [0.05, 0.1) is 0 Å². The summed E-state index contributed by atoms with van der Waals surface area (Å²) in [6.07, 6.45) is 11.0. The standard InChI is InChI=1S/C15H18N4/c1-2-4-14-13(3-1)15(19-11-18-14)17-10-7-12-5-8-16-9-6-12/h5-6,8-9,11H,1-4,7,10H2,(H,17,18,19). The first-order chi connectivity index (χ1) is 9.43. The largest absolute Gasteiger partial charge is 0.369 e. The predicted molar refractivity (Wildman–Crippen MR) is 75.1 cm³/mol. The molecule has 0 bridgehead atoms. The molecule has 2 aromatic rings. The molecule has 2 heterocycles. The van der Waals surface area contributed by atoms with Crippen molar-refractivity contribution in [3.8, 4) is 0 Å². The number of nitrogens with zero attached hydrogens (tertiary/aromatic N) is 3. The third kappa shape index (κ3) is 2.89. The highest BCUT2D eigenvalue weighted by atomic mass is 15.0. The highest BCUT2D eigenvalue weighted by molar-refractivity contribution is 5.47. The van der Waals surface area contributed by atoms with Crippen LogP contribution in [0.5, 0.6) is 0 Å². The van der Waals surface area contributed by atoms with Crippen LogP contribution in [0.4, 0.5) is 5.82 Å². The van der Waals surface area contributed by atoms with Gasteiger partial charge in [0.15, 0.2) is 0 Å². The molecule has 0 saturated heterocycles. The van der Waals surface area contributed by atoms with Crippen LogP contribution in [0.3, 0.4) is 0 Å². The van der Waals surface area contributed by atoms with E-state index in [2.05, 4.69) is 32.4 Å². The van der Waals surface area contributed by atoms with E-state index in [-0.39, 0.29) is 0 Å². The number of hydrogen-bond donors (Lipinski definition) is 1. The van der Waals surface area contributed by atoms with Crippen molar-refractivity contribution in [3.05, 3.63) is 47.7 Å². The van der Waals surface area contributed by atoms with Gasteiger partial charge in [-0.15, -0.1) is 0 Å². The Morgan fingerprint density at radius 3 is 2.79 bits per heavy atom. The maximum Gasteiger partial charge on any atom is 0.132 e. The Bertz CT molecular complexity index is 539. The van der Waals surface area contributed by atoms with E-state index < -0.39 is 0 Å². The molecule has 3 rings (SSSR count). The quantitative estimate of drug-likeness (QED) is 0.910. The first-order valence-electron chi connectivity index (χ1n) is 6.89. The number of pyridine rings is 1. The lowest BCUT2D eigenvalue weighted by molar-refractivity contribution is 0.663. The zero-order valence-corrected chi connectivity index (χ0v) is 11.0. The Hall–Kier alpha value is -1.97. The monoisotopic (exact) mass is 254 g/mol. The summed E-state index contributed by atoms with van der Waals surface area (Å²) in [7, 11) is 0. The van der Waals surface area contributed by atoms with Gasteiger partial charge < -0.3 is 5.32 Å². The number of nitrogens with one attached hydrogen (secondary N) is 1. The molecular formula is C15H18N4. The molecule has 0 atom stereocenters. The van der Waals surface area contributed by atoms with Crippen LogP contribution in [-0.2, 0) is 19.3 Å². The highest BCUT2D eigenvalue weighted by Gasteiger charge is 2.14. The van der Waals surface area contributed by atoms with Gasteiger partial charge in [-0.1, -0.05) is 0 Å². The summed E-state index contributed by atoms with van der Waals surface area (Å²) in [6.45, 7) is 0.896.